The number of benzene rings is 1. The molecule has 0 saturated carbocycles. The fourth-order valence-corrected chi connectivity index (χ4v) is 3.27. The molecule has 0 aliphatic carbocycles. The van der Waals surface area contributed by atoms with Crippen LogP contribution in [-0.4, -0.2) is 59.4 Å². The van der Waals surface area contributed by atoms with Crippen LogP contribution in [0.15, 0.2) is 30.3 Å². The maximum absolute atomic E-state index is 12.5. The highest BCUT2D eigenvalue weighted by Gasteiger charge is 2.26. The number of carbonyl (C=O) groups is 3. The molecule has 150 valence electrons. The van der Waals surface area contributed by atoms with Crippen molar-refractivity contribution in [1.82, 2.24) is 10.2 Å². The minimum absolute atomic E-state index is 0.0151. The summed E-state index contributed by atoms with van der Waals surface area (Å²) in [7, 11) is 0. The van der Waals surface area contributed by atoms with Gasteiger partial charge in [-0.15, -0.1) is 0 Å². The third-order valence-electron chi connectivity index (χ3n) is 3.98. The first kappa shape index (κ1) is 23.0. The predicted molar refractivity (Wildman–Crippen MR) is 109 cm³/mol. The second-order valence-electron chi connectivity index (χ2n) is 6.77. The average Bonchev–Trinajstić information content (AvgIpc) is 2.63. The summed E-state index contributed by atoms with van der Waals surface area (Å²) in [6.07, 6.45) is 2.36. The van der Waals surface area contributed by atoms with Gasteiger partial charge in [-0.25, -0.2) is 4.79 Å². The molecule has 0 saturated heterocycles. The minimum atomic E-state index is -0.787. The molecule has 0 fully saturated rings. The van der Waals surface area contributed by atoms with Gasteiger partial charge in [-0.3, -0.25) is 9.59 Å². The molecule has 0 radical (unpaired) electrons. The Morgan fingerprint density at radius 2 is 1.67 bits per heavy atom. The maximum atomic E-state index is 12.5. The molecule has 1 aromatic rings. The molecule has 1 N–H and O–H groups in total. The van der Waals surface area contributed by atoms with E-state index in [0.717, 1.165) is 0 Å². The van der Waals surface area contributed by atoms with Crippen LogP contribution in [0.2, 0.25) is 0 Å². The number of thioether (sulfide) groups is 1. The van der Waals surface area contributed by atoms with E-state index >= 15 is 0 Å². The maximum Gasteiger partial charge on any atom is 0.329 e. The van der Waals surface area contributed by atoms with E-state index in [1.54, 1.807) is 40.9 Å². The first-order valence-electron chi connectivity index (χ1n) is 9.10. The van der Waals surface area contributed by atoms with Crippen molar-refractivity contribution in [3.05, 3.63) is 35.9 Å². The van der Waals surface area contributed by atoms with E-state index in [9.17, 15) is 14.4 Å². The highest BCUT2D eigenvalue weighted by molar-refractivity contribution is 7.98. The molecule has 6 nitrogen and oxygen atoms in total. The Morgan fingerprint density at radius 3 is 2.19 bits per heavy atom. The fraction of sp³-hybridized carbons (Fsp3) is 0.550. The number of rotatable bonds is 10. The van der Waals surface area contributed by atoms with Crippen LogP contribution in [0.1, 0.15) is 44.5 Å². The van der Waals surface area contributed by atoms with E-state index in [4.69, 9.17) is 4.74 Å². The minimum Gasteiger partial charge on any atom is -0.454 e. The molecule has 0 spiro atoms. The lowest BCUT2D eigenvalue weighted by Crippen LogP contribution is -2.46. The smallest absolute Gasteiger partial charge is 0.329 e. The fourth-order valence-electron chi connectivity index (χ4n) is 2.80. The molecule has 0 bridgehead atoms. The van der Waals surface area contributed by atoms with Gasteiger partial charge in [-0.05, 0) is 58.3 Å². The van der Waals surface area contributed by atoms with Gasteiger partial charge < -0.3 is 15.0 Å². The van der Waals surface area contributed by atoms with Crippen LogP contribution >= 0.6 is 11.8 Å². The van der Waals surface area contributed by atoms with E-state index in [1.165, 1.54) is 0 Å². The van der Waals surface area contributed by atoms with Gasteiger partial charge in [0.05, 0.1) is 0 Å². The Bertz CT molecular complexity index is 612. The van der Waals surface area contributed by atoms with Crippen molar-refractivity contribution in [2.45, 2.75) is 52.2 Å². The van der Waals surface area contributed by atoms with E-state index in [0.29, 0.717) is 17.7 Å². The number of carbonyl (C=O) groups excluding carboxylic acids is 3. The van der Waals surface area contributed by atoms with Crippen molar-refractivity contribution in [3.63, 3.8) is 0 Å². The number of esters is 1. The van der Waals surface area contributed by atoms with Gasteiger partial charge >= 0.3 is 5.97 Å². The SMILES string of the molecule is CSCC[C@H](NC(=O)c1ccccc1)C(=O)OCC(=O)N(C(C)C)C(C)C. The largest absolute Gasteiger partial charge is 0.454 e. The van der Waals surface area contributed by atoms with Gasteiger partial charge in [0.2, 0.25) is 0 Å². The summed E-state index contributed by atoms with van der Waals surface area (Å²) in [4.78, 5) is 38.9. The van der Waals surface area contributed by atoms with Crippen molar-refractivity contribution in [2.24, 2.45) is 0 Å². The van der Waals surface area contributed by atoms with Gasteiger partial charge in [0.1, 0.15) is 6.04 Å². The van der Waals surface area contributed by atoms with E-state index < -0.39 is 12.0 Å². The number of ether oxygens (including phenoxy) is 1. The number of nitrogens with one attached hydrogen (secondary N) is 1. The second-order valence-corrected chi connectivity index (χ2v) is 7.76. The summed E-state index contributed by atoms with van der Waals surface area (Å²) >= 11 is 1.57. The zero-order valence-corrected chi connectivity index (χ0v) is 17.5. The summed E-state index contributed by atoms with van der Waals surface area (Å²) in [6, 6.07) is 7.94. The van der Waals surface area contributed by atoms with Gasteiger partial charge in [-0.2, -0.15) is 11.8 Å². The lowest BCUT2D eigenvalue weighted by molar-refractivity contribution is -0.155. The lowest BCUT2D eigenvalue weighted by atomic mass is 10.1. The molecule has 1 aromatic carbocycles. The Balaban J connectivity index is 2.71. The van der Waals surface area contributed by atoms with Crippen LogP contribution in [0.4, 0.5) is 0 Å². The van der Waals surface area contributed by atoms with Gasteiger partial charge in [-0.1, -0.05) is 18.2 Å². The summed E-state index contributed by atoms with van der Waals surface area (Å²) in [6.45, 7) is 7.34. The Labute approximate surface area is 166 Å². The zero-order valence-electron chi connectivity index (χ0n) is 16.7. The van der Waals surface area contributed by atoms with Crippen LogP contribution in [0.25, 0.3) is 0 Å². The summed E-state index contributed by atoms with van der Waals surface area (Å²) in [5, 5.41) is 2.71. The molecule has 7 heteroatoms. The van der Waals surface area contributed by atoms with E-state index in [-0.39, 0.29) is 30.5 Å². The molecule has 1 rings (SSSR count). The summed E-state index contributed by atoms with van der Waals surface area (Å²) in [5.74, 6) is -0.483. The number of amides is 2. The molecule has 0 unspecified atom stereocenters. The highest BCUT2D eigenvalue weighted by atomic mass is 32.2. The third kappa shape index (κ3) is 7.62. The van der Waals surface area contributed by atoms with Crippen LogP contribution in [0, 0.1) is 0 Å². The van der Waals surface area contributed by atoms with Crippen molar-refractivity contribution in [1.29, 1.82) is 0 Å². The molecule has 1 atom stereocenters. The molecule has 0 heterocycles. The molecule has 0 aliphatic rings. The first-order chi connectivity index (χ1) is 12.8. The lowest BCUT2D eigenvalue weighted by Gasteiger charge is -2.30. The van der Waals surface area contributed by atoms with Crippen LogP contribution in [0.3, 0.4) is 0 Å². The van der Waals surface area contributed by atoms with E-state index in [1.807, 2.05) is 40.0 Å². The molecule has 27 heavy (non-hydrogen) atoms. The summed E-state index contributed by atoms with van der Waals surface area (Å²) in [5.41, 5.74) is 0.473. The molecule has 2 amide bonds. The number of nitrogens with zero attached hydrogens (tertiary/aromatic N) is 1. The normalized spacial score (nSPS) is 12.0. The van der Waals surface area contributed by atoms with Gasteiger partial charge in [0.25, 0.3) is 11.8 Å². The first-order valence-corrected chi connectivity index (χ1v) is 10.5. The topological polar surface area (TPSA) is 75.7 Å². The number of hydrogen-bond donors (Lipinski definition) is 1. The standard InChI is InChI=1S/C20H30N2O4S/c1-14(2)22(15(3)4)18(23)13-26-20(25)17(11-12-27-5)21-19(24)16-9-7-6-8-10-16/h6-10,14-15,17H,11-13H2,1-5H3,(H,21,24)/t17-/m0/s1. The van der Waals surface area contributed by atoms with Gasteiger partial charge in [0.15, 0.2) is 6.61 Å². The second kappa shape index (κ2) is 11.6. The monoisotopic (exact) mass is 394 g/mol. The molecule has 0 aromatic heterocycles. The van der Waals surface area contributed by atoms with Crippen molar-refractivity contribution < 1.29 is 19.1 Å². The average molecular weight is 395 g/mol. The third-order valence-corrected chi connectivity index (χ3v) is 4.62. The predicted octanol–water partition coefficient (Wildman–Crippen LogP) is 2.73. The molecular formula is C20H30N2O4S. The van der Waals surface area contributed by atoms with E-state index in [2.05, 4.69) is 5.32 Å². The summed E-state index contributed by atoms with van der Waals surface area (Å²) < 4.78 is 5.23. The molecular weight excluding hydrogens is 364 g/mol. The van der Waals surface area contributed by atoms with Crippen LogP contribution in [-0.2, 0) is 14.3 Å². The van der Waals surface area contributed by atoms with Crippen molar-refractivity contribution in [2.75, 3.05) is 18.6 Å². The number of hydrogen-bond acceptors (Lipinski definition) is 5. The molecule has 0 aliphatic heterocycles. The highest BCUT2D eigenvalue weighted by Crippen LogP contribution is 2.08. The van der Waals surface area contributed by atoms with Crippen molar-refractivity contribution >= 4 is 29.5 Å². The van der Waals surface area contributed by atoms with Gasteiger partial charge in [0, 0.05) is 17.6 Å². The van der Waals surface area contributed by atoms with Crippen LogP contribution < -0.4 is 5.32 Å². The zero-order chi connectivity index (χ0) is 20.4. The Kier molecular flexibility index (Phi) is 9.93. The Hall–Kier alpha value is -2.02. The van der Waals surface area contributed by atoms with Crippen LogP contribution in [0.5, 0.6) is 0 Å². The Morgan fingerprint density at radius 1 is 1.07 bits per heavy atom. The van der Waals surface area contributed by atoms with Crippen molar-refractivity contribution in [3.8, 4) is 0 Å². The quantitative estimate of drug-likeness (QED) is 0.618.